The van der Waals surface area contributed by atoms with Crippen LogP contribution in [0, 0.1) is 0 Å². The van der Waals surface area contributed by atoms with E-state index in [2.05, 4.69) is 10.1 Å². The molecule has 6 nitrogen and oxygen atoms in total. The van der Waals surface area contributed by atoms with Crippen molar-refractivity contribution < 1.29 is 23.8 Å². The zero-order valence-corrected chi connectivity index (χ0v) is 14.0. The van der Waals surface area contributed by atoms with Crippen molar-refractivity contribution >= 4 is 11.9 Å². The molecule has 0 saturated carbocycles. The van der Waals surface area contributed by atoms with E-state index in [1.165, 1.54) is 7.11 Å². The lowest BCUT2D eigenvalue weighted by molar-refractivity contribution is -0.140. The van der Waals surface area contributed by atoms with Crippen LogP contribution in [0.2, 0.25) is 0 Å². The Labute approximate surface area is 137 Å². The van der Waals surface area contributed by atoms with Gasteiger partial charge in [-0.25, -0.2) is 0 Å². The van der Waals surface area contributed by atoms with E-state index >= 15 is 0 Å². The van der Waals surface area contributed by atoms with Crippen LogP contribution in [0.15, 0.2) is 24.3 Å². The van der Waals surface area contributed by atoms with Crippen molar-refractivity contribution in [2.24, 2.45) is 0 Å². The molecule has 0 aliphatic heterocycles. The second-order valence-corrected chi connectivity index (χ2v) is 5.11. The molecular formula is C17H25NO5. The van der Waals surface area contributed by atoms with Gasteiger partial charge in [0.2, 0.25) is 0 Å². The fourth-order valence-corrected chi connectivity index (χ4v) is 1.94. The molecule has 0 aliphatic rings. The third kappa shape index (κ3) is 7.54. The van der Waals surface area contributed by atoms with E-state index < -0.39 is 6.10 Å². The lowest BCUT2D eigenvalue weighted by atomic mass is 10.2. The van der Waals surface area contributed by atoms with Gasteiger partial charge in [0.15, 0.2) is 6.10 Å². The van der Waals surface area contributed by atoms with Crippen LogP contribution < -0.4 is 14.8 Å². The molecule has 1 rings (SSSR count). The van der Waals surface area contributed by atoms with Crippen LogP contribution in [0.25, 0.3) is 0 Å². The Bertz CT molecular complexity index is 486. The zero-order chi connectivity index (χ0) is 17.1. The maximum absolute atomic E-state index is 11.9. The quantitative estimate of drug-likeness (QED) is 0.528. The summed E-state index contributed by atoms with van der Waals surface area (Å²) in [6, 6.07) is 7.08. The van der Waals surface area contributed by atoms with Gasteiger partial charge in [-0.15, -0.1) is 0 Å². The average molecular weight is 323 g/mol. The molecule has 1 aromatic rings. The van der Waals surface area contributed by atoms with Crippen LogP contribution >= 0.6 is 0 Å². The largest absolute Gasteiger partial charge is 0.497 e. The predicted molar refractivity (Wildman–Crippen MR) is 86.6 cm³/mol. The number of amides is 1. The van der Waals surface area contributed by atoms with E-state index in [0.717, 1.165) is 25.0 Å². The van der Waals surface area contributed by atoms with Crippen LogP contribution in [0.3, 0.4) is 0 Å². The summed E-state index contributed by atoms with van der Waals surface area (Å²) in [5.74, 6) is 0.997. The van der Waals surface area contributed by atoms with E-state index in [0.29, 0.717) is 18.7 Å². The molecule has 6 heteroatoms. The Morgan fingerprint density at radius 1 is 1.04 bits per heavy atom. The number of nitrogens with one attached hydrogen (secondary N) is 1. The first-order valence-electron chi connectivity index (χ1n) is 7.72. The van der Waals surface area contributed by atoms with Crippen molar-refractivity contribution in [3.05, 3.63) is 24.3 Å². The fourth-order valence-electron chi connectivity index (χ4n) is 1.94. The highest BCUT2D eigenvalue weighted by Crippen LogP contribution is 2.18. The summed E-state index contributed by atoms with van der Waals surface area (Å²) < 4.78 is 15.2. The summed E-state index contributed by atoms with van der Waals surface area (Å²) in [4.78, 5) is 22.9. The Balaban J connectivity index is 2.19. The molecule has 1 aromatic carbocycles. The lowest BCUT2D eigenvalue weighted by Crippen LogP contribution is -2.36. The molecule has 0 bridgehead atoms. The molecule has 0 radical (unpaired) electrons. The molecular weight excluding hydrogens is 298 g/mol. The van der Waals surface area contributed by atoms with E-state index in [-0.39, 0.29) is 11.9 Å². The third-order valence-electron chi connectivity index (χ3n) is 3.33. The predicted octanol–water partition coefficient (Wildman–Crippen LogP) is 2.31. The van der Waals surface area contributed by atoms with Gasteiger partial charge in [-0.05, 0) is 44.0 Å². The highest BCUT2D eigenvalue weighted by molar-refractivity contribution is 5.80. The number of hydrogen-bond acceptors (Lipinski definition) is 5. The minimum absolute atomic E-state index is 0.159. The van der Waals surface area contributed by atoms with Gasteiger partial charge in [-0.1, -0.05) is 6.42 Å². The highest BCUT2D eigenvalue weighted by Gasteiger charge is 2.13. The Morgan fingerprint density at radius 3 is 2.30 bits per heavy atom. The number of unbranched alkanes of at least 4 members (excludes halogenated alkanes) is 2. The standard InChI is InChI=1S/C17H25NO5/c1-13(23-15-10-8-14(21-2)9-11-15)17(20)18-12-6-4-5-7-16(19)22-3/h8-11,13H,4-7,12H2,1-3H3,(H,18,20). The molecule has 0 aliphatic carbocycles. The van der Waals surface area contributed by atoms with Gasteiger partial charge in [0, 0.05) is 13.0 Å². The van der Waals surface area contributed by atoms with E-state index in [9.17, 15) is 9.59 Å². The van der Waals surface area contributed by atoms with Gasteiger partial charge in [0.25, 0.3) is 5.91 Å². The van der Waals surface area contributed by atoms with Crippen LogP contribution in [-0.4, -0.2) is 38.7 Å². The smallest absolute Gasteiger partial charge is 0.305 e. The van der Waals surface area contributed by atoms with Crippen LogP contribution in [0.4, 0.5) is 0 Å². The zero-order valence-electron chi connectivity index (χ0n) is 14.0. The first-order chi connectivity index (χ1) is 11.1. The summed E-state index contributed by atoms with van der Waals surface area (Å²) in [6.45, 7) is 2.27. The normalized spacial score (nSPS) is 11.4. The summed E-state index contributed by atoms with van der Waals surface area (Å²) in [5.41, 5.74) is 0. The molecule has 0 fully saturated rings. The minimum atomic E-state index is -0.571. The summed E-state index contributed by atoms with van der Waals surface area (Å²) in [7, 11) is 2.98. The molecule has 1 atom stereocenters. The SMILES string of the molecule is COC(=O)CCCCCNC(=O)C(C)Oc1ccc(OC)cc1. The number of rotatable bonds is 10. The van der Waals surface area contributed by atoms with Gasteiger partial charge < -0.3 is 19.5 Å². The van der Waals surface area contributed by atoms with Crippen LogP contribution in [0.5, 0.6) is 11.5 Å². The van der Waals surface area contributed by atoms with E-state index in [1.54, 1.807) is 38.3 Å². The molecule has 1 N–H and O–H groups in total. The average Bonchev–Trinajstić information content (AvgIpc) is 2.57. The number of esters is 1. The topological polar surface area (TPSA) is 73.9 Å². The van der Waals surface area contributed by atoms with Crippen molar-refractivity contribution in [3.63, 3.8) is 0 Å². The fraction of sp³-hybridized carbons (Fsp3) is 0.529. The Kier molecular flexibility index (Phi) is 8.57. The van der Waals surface area contributed by atoms with Crippen molar-refractivity contribution in [2.75, 3.05) is 20.8 Å². The Morgan fingerprint density at radius 2 is 1.70 bits per heavy atom. The molecule has 23 heavy (non-hydrogen) atoms. The van der Waals surface area contributed by atoms with Crippen LogP contribution in [0.1, 0.15) is 32.6 Å². The van der Waals surface area contributed by atoms with Gasteiger partial charge >= 0.3 is 5.97 Å². The molecule has 1 amide bonds. The maximum atomic E-state index is 11.9. The number of benzene rings is 1. The highest BCUT2D eigenvalue weighted by atomic mass is 16.5. The van der Waals surface area contributed by atoms with Gasteiger partial charge in [0.05, 0.1) is 14.2 Å². The minimum Gasteiger partial charge on any atom is -0.497 e. The number of ether oxygens (including phenoxy) is 3. The van der Waals surface area contributed by atoms with E-state index in [4.69, 9.17) is 9.47 Å². The maximum Gasteiger partial charge on any atom is 0.305 e. The second kappa shape index (κ2) is 10.5. The van der Waals surface area contributed by atoms with Crippen molar-refractivity contribution in [2.45, 2.75) is 38.7 Å². The van der Waals surface area contributed by atoms with Crippen molar-refractivity contribution in [1.29, 1.82) is 0 Å². The number of methoxy groups -OCH3 is 2. The van der Waals surface area contributed by atoms with Crippen LogP contribution in [-0.2, 0) is 14.3 Å². The first kappa shape index (κ1) is 18.8. The van der Waals surface area contributed by atoms with Crippen molar-refractivity contribution in [1.82, 2.24) is 5.32 Å². The van der Waals surface area contributed by atoms with Gasteiger partial charge in [0.1, 0.15) is 11.5 Å². The first-order valence-corrected chi connectivity index (χ1v) is 7.72. The molecule has 1 unspecified atom stereocenters. The number of carbonyl (C=O) groups is 2. The van der Waals surface area contributed by atoms with E-state index in [1.807, 2.05) is 0 Å². The molecule has 0 heterocycles. The third-order valence-corrected chi connectivity index (χ3v) is 3.33. The molecule has 128 valence electrons. The second-order valence-electron chi connectivity index (χ2n) is 5.11. The lowest BCUT2D eigenvalue weighted by Gasteiger charge is -2.15. The number of carbonyl (C=O) groups excluding carboxylic acids is 2. The van der Waals surface area contributed by atoms with Gasteiger partial charge in [-0.3, -0.25) is 9.59 Å². The molecule has 0 saturated heterocycles. The van der Waals surface area contributed by atoms with Gasteiger partial charge in [-0.2, -0.15) is 0 Å². The summed E-state index contributed by atoms with van der Waals surface area (Å²) >= 11 is 0. The summed E-state index contributed by atoms with van der Waals surface area (Å²) in [6.07, 6.45) is 2.29. The summed E-state index contributed by atoms with van der Waals surface area (Å²) in [5, 5.41) is 2.82. The molecule has 0 aromatic heterocycles. The molecule has 0 spiro atoms. The Hall–Kier alpha value is -2.24. The van der Waals surface area contributed by atoms with Crippen molar-refractivity contribution in [3.8, 4) is 11.5 Å². The monoisotopic (exact) mass is 323 g/mol. The number of hydrogen-bond donors (Lipinski definition) is 1.